The zero-order valence-electron chi connectivity index (χ0n) is 31.4. The average molecular weight is 761 g/mol. The number of rotatable bonds is 5. The van der Waals surface area contributed by atoms with Crippen LogP contribution in [0.1, 0.15) is 33.7 Å². The molecule has 4 nitrogen and oxygen atoms in total. The summed E-state index contributed by atoms with van der Waals surface area (Å²) in [6, 6.07) is 68.0. The Morgan fingerprint density at radius 3 is 2.00 bits per heavy atom. The van der Waals surface area contributed by atoms with Gasteiger partial charge in [-0.2, -0.15) is 0 Å². The minimum atomic E-state index is -0.111. The van der Waals surface area contributed by atoms with Crippen LogP contribution in [0.4, 0.5) is 5.69 Å². The first-order valence-electron chi connectivity index (χ1n) is 19.8. The van der Waals surface area contributed by atoms with Crippen LogP contribution in [0, 0.1) is 0 Å². The second kappa shape index (κ2) is 13.3. The zero-order valence-corrected chi connectivity index (χ0v) is 32.2. The summed E-state index contributed by atoms with van der Waals surface area (Å²) in [6.07, 6.45) is 2.27. The standard InChI is InChI=1S/C53H36N4S/c1-4-12-33(13-5-1)45-32-46(39-22-26-43-44-29-36-16-10-11-17-37(36)30-48(44)57(47(43)31-39)41-18-8-3-9-19-41)55-52(54-45)40-23-25-42-38(28-40)21-20-34-24-27-49-51(50(34)42)56-53(58-49)35-14-6-2-7-15-35/h1-32,46,53,56H,(H,54,55). The zero-order chi connectivity index (χ0) is 38.2. The lowest BCUT2D eigenvalue weighted by Gasteiger charge is -2.25. The highest BCUT2D eigenvalue weighted by Crippen LogP contribution is 2.50. The van der Waals surface area contributed by atoms with Gasteiger partial charge in [-0.15, -0.1) is 0 Å². The van der Waals surface area contributed by atoms with Crippen molar-refractivity contribution in [1.82, 2.24) is 9.88 Å². The molecule has 12 rings (SSSR count). The highest BCUT2D eigenvalue weighted by molar-refractivity contribution is 8.00. The number of aliphatic imine (C=N–C) groups is 1. The Hall–Kier alpha value is -7.08. The maximum atomic E-state index is 5.31. The smallest absolute Gasteiger partial charge is 0.134 e. The molecule has 0 aliphatic carbocycles. The molecule has 9 aromatic carbocycles. The predicted molar refractivity (Wildman–Crippen MR) is 245 cm³/mol. The maximum Gasteiger partial charge on any atom is 0.134 e. The Balaban J connectivity index is 0.977. The second-order valence-corrected chi connectivity index (χ2v) is 16.4. The summed E-state index contributed by atoms with van der Waals surface area (Å²) in [5.41, 5.74) is 10.3. The van der Waals surface area contributed by atoms with Crippen molar-refractivity contribution in [3.8, 4) is 5.69 Å². The van der Waals surface area contributed by atoms with Gasteiger partial charge in [-0.1, -0.05) is 157 Å². The van der Waals surface area contributed by atoms with Crippen molar-refractivity contribution >= 4 is 83.1 Å². The fourth-order valence-corrected chi connectivity index (χ4v) is 10.1. The van der Waals surface area contributed by atoms with E-state index in [0.29, 0.717) is 0 Å². The maximum absolute atomic E-state index is 5.31. The van der Waals surface area contributed by atoms with Crippen LogP contribution in [0.15, 0.2) is 204 Å². The molecule has 10 aromatic rings. The lowest BCUT2D eigenvalue weighted by molar-refractivity contribution is 0.781. The van der Waals surface area contributed by atoms with Crippen molar-refractivity contribution < 1.29 is 0 Å². The van der Waals surface area contributed by atoms with Crippen molar-refractivity contribution in [3.05, 3.63) is 216 Å². The average Bonchev–Trinajstić information content (AvgIpc) is 3.88. The molecule has 0 saturated carbocycles. The van der Waals surface area contributed by atoms with E-state index in [1.807, 2.05) is 11.8 Å². The van der Waals surface area contributed by atoms with Gasteiger partial charge in [0, 0.05) is 32.3 Å². The molecule has 0 spiro atoms. The van der Waals surface area contributed by atoms with Gasteiger partial charge in [0.2, 0.25) is 0 Å². The quantitative estimate of drug-likeness (QED) is 0.172. The third-order valence-electron chi connectivity index (χ3n) is 11.8. The van der Waals surface area contributed by atoms with Crippen LogP contribution in [0.2, 0.25) is 0 Å². The summed E-state index contributed by atoms with van der Waals surface area (Å²) in [6.45, 7) is 0. The number of nitrogens with zero attached hydrogens (tertiary/aromatic N) is 2. The molecule has 0 radical (unpaired) electrons. The molecule has 5 heteroatoms. The van der Waals surface area contributed by atoms with E-state index in [4.69, 9.17) is 4.99 Å². The predicted octanol–water partition coefficient (Wildman–Crippen LogP) is 13.6. The number of fused-ring (bicyclic) bond motifs is 9. The Kier molecular flexibility index (Phi) is 7.57. The van der Waals surface area contributed by atoms with E-state index in [9.17, 15) is 0 Å². The minimum absolute atomic E-state index is 0.111. The van der Waals surface area contributed by atoms with E-state index < -0.39 is 0 Å². The van der Waals surface area contributed by atoms with Gasteiger partial charge in [0.25, 0.3) is 0 Å². The van der Waals surface area contributed by atoms with Gasteiger partial charge in [-0.25, -0.2) is 4.99 Å². The molecule has 58 heavy (non-hydrogen) atoms. The topological polar surface area (TPSA) is 41.4 Å². The van der Waals surface area contributed by atoms with Crippen LogP contribution in [0.25, 0.3) is 65.5 Å². The van der Waals surface area contributed by atoms with E-state index in [1.165, 1.54) is 75.8 Å². The SMILES string of the molecule is C1=C(c2ccccc2)N=C(c2ccc3c(ccc4ccc5c(c43)NC(c3ccccc3)S5)c2)NC1c1ccc2c3cc4ccccc4cc3n(-c3ccccc3)c2c1. The molecule has 2 aliphatic rings. The summed E-state index contributed by atoms with van der Waals surface area (Å²) < 4.78 is 2.42. The largest absolute Gasteiger partial charge is 0.368 e. The Labute approximate surface area is 340 Å². The Bertz CT molecular complexity index is 3310. The van der Waals surface area contributed by atoms with Crippen molar-refractivity contribution in [2.24, 2.45) is 4.99 Å². The van der Waals surface area contributed by atoms with E-state index in [1.54, 1.807) is 0 Å². The van der Waals surface area contributed by atoms with Gasteiger partial charge in [-0.3, -0.25) is 0 Å². The number of hydrogen-bond donors (Lipinski definition) is 2. The lowest BCUT2D eigenvalue weighted by atomic mass is 9.96. The van der Waals surface area contributed by atoms with Gasteiger partial charge in [0.05, 0.1) is 28.5 Å². The van der Waals surface area contributed by atoms with Crippen molar-refractivity contribution in [1.29, 1.82) is 0 Å². The van der Waals surface area contributed by atoms with Crippen LogP contribution in [-0.2, 0) is 0 Å². The van der Waals surface area contributed by atoms with Crippen LogP contribution in [0.3, 0.4) is 0 Å². The van der Waals surface area contributed by atoms with E-state index >= 15 is 0 Å². The molecule has 0 amide bonds. The Morgan fingerprint density at radius 2 is 1.17 bits per heavy atom. The Morgan fingerprint density at radius 1 is 0.483 bits per heavy atom. The van der Waals surface area contributed by atoms with E-state index in [0.717, 1.165) is 28.3 Å². The van der Waals surface area contributed by atoms with Crippen molar-refractivity contribution in [2.75, 3.05) is 5.32 Å². The number of benzene rings is 9. The van der Waals surface area contributed by atoms with Crippen LogP contribution >= 0.6 is 11.8 Å². The molecular weight excluding hydrogens is 725 g/mol. The summed E-state index contributed by atoms with van der Waals surface area (Å²) in [7, 11) is 0. The fourth-order valence-electron chi connectivity index (χ4n) is 8.99. The molecule has 2 aliphatic heterocycles. The second-order valence-electron chi connectivity index (χ2n) is 15.3. The third-order valence-corrected chi connectivity index (χ3v) is 13.0. The number of aromatic nitrogens is 1. The van der Waals surface area contributed by atoms with Crippen LogP contribution in [-0.4, -0.2) is 10.4 Å². The molecule has 274 valence electrons. The molecule has 0 bridgehead atoms. The van der Waals surface area contributed by atoms with E-state index in [-0.39, 0.29) is 11.4 Å². The number of hydrogen-bond acceptors (Lipinski definition) is 4. The van der Waals surface area contributed by atoms with Crippen LogP contribution in [0.5, 0.6) is 0 Å². The normalized spacial score (nSPS) is 16.3. The fraction of sp³-hybridized carbons (Fsp3) is 0.0377. The number of thioether (sulfide) groups is 1. The molecule has 2 N–H and O–H groups in total. The van der Waals surface area contributed by atoms with Crippen molar-refractivity contribution in [2.45, 2.75) is 16.3 Å². The first kappa shape index (κ1) is 33.1. The minimum Gasteiger partial charge on any atom is -0.368 e. The summed E-state index contributed by atoms with van der Waals surface area (Å²) >= 11 is 1.89. The molecule has 2 unspecified atom stereocenters. The molecule has 1 aromatic heterocycles. The summed E-state index contributed by atoms with van der Waals surface area (Å²) in [5.74, 6) is 0.861. The molecule has 0 fully saturated rings. The molecule has 0 saturated heterocycles. The highest BCUT2D eigenvalue weighted by Gasteiger charge is 2.26. The van der Waals surface area contributed by atoms with Gasteiger partial charge in [-0.05, 0) is 92.2 Å². The number of nitrogens with one attached hydrogen (secondary N) is 2. The number of anilines is 1. The third kappa shape index (κ3) is 5.42. The monoisotopic (exact) mass is 760 g/mol. The molecule has 2 atom stereocenters. The first-order chi connectivity index (χ1) is 28.7. The van der Waals surface area contributed by atoms with Gasteiger partial charge >= 0.3 is 0 Å². The molecule has 3 heterocycles. The van der Waals surface area contributed by atoms with E-state index in [2.05, 4.69) is 209 Å². The van der Waals surface area contributed by atoms with Crippen LogP contribution < -0.4 is 10.6 Å². The summed E-state index contributed by atoms with van der Waals surface area (Å²) in [4.78, 5) is 6.59. The molecular formula is C53H36N4S. The van der Waals surface area contributed by atoms with Crippen molar-refractivity contribution in [3.63, 3.8) is 0 Å². The lowest BCUT2D eigenvalue weighted by Crippen LogP contribution is -2.31. The van der Waals surface area contributed by atoms with Gasteiger partial charge < -0.3 is 15.2 Å². The first-order valence-corrected chi connectivity index (χ1v) is 20.7. The van der Waals surface area contributed by atoms with Gasteiger partial charge in [0.1, 0.15) is 11.2 Å². The summed E-state index contributed by atoms with van der Waals surface area (Å²) in [5, 5.41) is 17.8. The van der Waals surface area contributed by atoms with Gasteiger partial charge in [0.15, 0.2) is 0 Å². The highest BCUT2D eigenvalue weighted by atomic mass is 32.2. The number of amidine groups is 1. The number of para-hydroxylation sites is 1.